The summed E-state index contributed by atoms with van der Waals surface area (Å²) in [5, 5.41) is 1.47. The molecule has 0 spiro atoms. The highest BCUT2D eigenvalue weighted by molar-refractivity contribution is 8.00. The predicted octanol–water partition coefficient (Wildman–Crippen LogP) is 6.20. The number of benzene rings is 1. The molecular formula is C23H32OS. The summed E-state index contributed by atoms with van der Waals surface area (Å²) in [7, 11) is 0. The standard InChI is InChI=1S/C23H32OS/c1-14-10-19-20(23(4,5)9-8-22(19,2)3)13-18(14)21(24)15-11-16-6-7-17(12-15)25-16/h10,13,15-17H,6-9,11-12H2,1-5H3. The van der Waals surface area contributed by atoms with Gasteiger partial charge in [0.05, 0.1) is 0 Å². The van der Waals surface area contributed by atoms with Crippen LogP contribution in [-0.4, -0.2) is 16.3 Å². The molecule has 2 bridgehead atoms. The Morgan fingerprint density at radius 1 is 0.960 bits per heavy atom. The van der Waals surface area contributed by atoms with Crippen LogP contribution in [-0.2, 0) is 10.8 Å². The number of thioether (sulfide) groups is 1. The number of hydrogen-bond donors (Lipinski definition) is 0. The SMILES string of the molecule is Cc1cc2c(cc1C(=O)C1CC3CCC(C1)S3)C(C)(C)CCC2(C)C. The first-order valence-electron chi connectivity index (χ1n) is 10.0. The molecule has 1 aliphatic carbocycles. The molecule has 2 heterocycles. The van der Waals surface area contributed by atoms with Crippen molar-refractivity contribution in [3.8, 4) is 0 Å². The third-order valence-corrected chi connectivity index (χ3v) is 8.75. The van der Waals surface area contributed by atoms with Crippen molar-refractivity contribution in [1.82, 2.24) is 0 Å². The smallest absolute Gasteiger partial charge is 0.166 e. The highest BCUT2D eigenvalue weighted by Gasteiger charge is 2.40. The Labute approximate surface area is 157 Å². The topological polar surface area (TPSA) is 17.1 Å². The normalized spacial score (nSPS) is 32.3. The molecule has 3 aliphatic rings. The third-order valence-electron chi connectivity index (χ3n) is 7.12. The van der Waals surface area contributed by atoms with Gasteiger partial charge in [-0.05, 0) is 79.0 Å². The maximum Gasteiger partial charge on any atom is 0.166 e. The van der Waals surface area contributed by atoms with Gasteiger partial charge in [0.1, 0.15) is 0 Å². The van der Waals surface area contributed by atoms with Crippen molar-refractivity contribution >= 4 is 17.5 Å². The molecule has 0 aromatic heterocycles. The summed E-state index contributed by atoms with van der Waals surface area (Å²) >= 11 is 2.14. The lowest BCUT2D eigenvalue weighted by molar-refractivity contribution is 0.0906. The summed E-state index contributed by atoms with van der Waals surface area (Å²) in [6, 6.07) is 4.63. The summed E-state index contributed by atoms with van der Waals surface area (Å²) in [6.45, 7) is 11.6. The predicted molar refractivity (Wildman–Crippen MR) is 108 cm³/mol. The van der Waals surface area contributed by atoms with Crippen molar-refractivity contribution < 1.29 is 4.79 Å². The number of ketones is 1. The van der Waals surface area contributed by atoms with E-state index in [9.17, 15) is 4.79 Å². The lowest BCUT2D eigenvalue weighted by atomic mass is 9.62. The molecule has 0 saturated carbocycles. The van der Waals surface area contributed by atoms with Crippen molar-refractivity contribution in [2.24, 2.45) is 5.92 Å². The summed E-state index contributed by atoms with van der Waals surface area (Å²) in [5.74, 6) is 0.687. The van der Waals surface area contributed by atoms with Crippen LogP contribution in [0.5, 0.6) is 0 Å². The van der Waals surface area contributed by atoms with Crippen LogP contribution in [0.15, 0.2) is 12.1 Å². The number of Topliss-reactive ketones (excluding diaryl/α,β-unsaturated/α-hetero) is 1. The molecule has 2 unspecified atom stereocenters. The number of rotatable bonds is 2. The largest absolute Gasteiger partial charge is 0.294 e. The van der Waals surface area contributed by atoms with Gasteiger partial charge in [-0.1, -0.05) is 33.8 Å². The summed E-state index contributed by atoms with van der Waals surface area (Å²) in [5.41, 5.74) is 5.50. The van der Waals surface area contributed by atoms with Gasteiger partial charge in [0.25, 0.3) is 0 Å². The first-order chi connectivity index (χ1) is 11.7. The molecule has 4 rings (SSSR count). The van der Waals surface area contributed by atoms with E-state index in [1.165, 1.54) is 42.4 Å². The first kappa shape index (κ1) is 17.6. The zero-order chi connectivity index (χ0) is 18.0. The molecular weight excluding hydrogens is 324 g/mol. The zero-order valence-electron chi connectivity index (χ0n) is 16.4. The summed E-state index contributed by atoms with van der Waals surface area (Å²) < 4.78 is 0. The second-order valence-corrected chi connectivity index (χ2v) is 11.6. The Kier molecular flexibility index (Phi) is 4.15. The van der Waals surface area contributed by atoms with Crippen LogP contribution >= 0.6 is 11.8 Å². The van der Waals surface area contributed by atoms with E-state index in [-0.39, 0.29) is 16.7 Å². The van der Waals surface area contributed by atoms with E-state index in [1.54, 1.807) is 0 Å². The Morgan fingerprint density at radius 2 is 1.48 bits per heavy atom. The van der Waals surface area contributed by atoms with Crippen LogP contribution in [0.4, 0.5) is 0 Å². The maximum absolute atomic E-state index is 13.4. The molecule has 1 aromatic rings. The third kappa shape index (κ3) is 2.99. The number of hydrogen-bond acceptors (Lipinski definition) is 2. The van der Waals surface area contributed by atoms with Gasteiger partial charge in [-0.3, -0.25) is 4.79 Å². The summed E-state index contributed by atoms with van der Waals surface area (Å²) in [4.78, 5) is 13.4. The number of carbonyl (C=O) groups excluding carboxylic acids is 1. The van der Waals surface area contributed by atoms with Crippen molar-refractivity contribution in [1.29, 1.82) is 0 Å². The van der Waals surface area contributed by atoms with Crippen LogP contribution in [0.1, 0.15) is 93.3 Å². The van der Waals surface area contributed by atoms with Crippen molar-refractivity contribution in [3.05, 3.63) is 34.4 Å². The Balaban J connectivity index is 1.72. The fraction of sp³-hybridized carbons (Fsp3) is 0.696. The highest BCUT2D eigenvalue weighted by atomic mass is 32.2. The molecule has 25 heavy (non-hydrogen) atoms. The van der Waals surface area contributed by atoms with Gasteiger partial charge in [0, 0.05) is 22.0 Å². The van der Waals surface area contributed by atoms with E-state index < -0.39 is 0 Å². The zero-order valence-corrected chi connectivity index (χ0v) is 17.3. The molecule has 1 aromatic carbocycles. The molecule has 1 nitrogen and oxygen atoms in total. The minimum Gasteiger partial charge on any atom is -0.294 e. The molecule has 2 heteroatoms. The molecule has 2 atom stereocenters. The minimum atomic E-state index is 0.176. The highest BCUT2D eigenvalue weighted by Crippen LogP contribution is 2.49. The molecule has 136 valence electrons. The van der Waals surface area contributed by atoms with Gasteiger partial charge >= 0.3 is 0 Å². The first-order valence-corrected chi connectivity index (χ1v) is 11.0. The van der Waals surface area contributed by atoms with Gasteiger partial charge in [-0.25, -0.2) is 0 Å². The van der Waals surface area contributed by atoms with E-state index in [2.05, 4.69) is 58.5 Å². The fourth-order valence-corrected chi connectivity index (χ4v) is 7.05. The van der Waals surface area contributed by atoms with Crippen LogP contribution in [0.25, 0.3) is 0 Å². The van der Waals surface area contributed by atoms with E-state index in [0.717, 1.165) is 28.9 Å². The average molecular weight is 357 g/mol. The second-order valence-electron chi connectivity index (χ2n) is 9.97. The maximum atomic E-state index is 13.4. The van der Waals surface area contributed by atoms with Gasteiger partial charge in [0.2, 0.25) is 0 Å². The van der Waals surface area contributed by atoms with Gasteiger partial charge < -0.3 is 0 Å². The second kappa shape index (κ2) is 5.87. The Bertz CT molecular complexity index is 703. The number of fused-ring (bicyclic) bond motifs is 3. The van der Waals surface area contributed by atoms with Crippen LogP contribution in [0, 0.1) is 12.8 Å². The van der Waals surface area contributed by atoms with Gasteiger partial charge in [-0.15, -0.1) is 0 Å². The van der Waals surface area contributed by atoms with Crippen molar-refractivity contribution in [2.75, 3.05) is 0 Å². The van der Waals surface area contributed by atoms with E-state index in [0.29, 0.717) is 5.78 Å². The van der Waals surface area contributed by atoms with Crippen LogP contribution < -0.4 is 0 Å². The lowest BCUT2D eigenvalue weighted by Crippen LogP contribution is -2.34. The van der Waals surface area contributed by atoms with E-state index in [1.807, 2.05) is 0 Å². The molecule has 2 saturated heterocycles. The molecule has 0 radical (unpaired) electrons. The van der Waals surface area contributed by atoms with Crippen LogP contribution in [0.3, 0.4) is 0 Å². The molecule has 0 N–H and O–H groups in total. The van der Waals surface area contributed by atoms with E-state index in [4.69, 9.17) is 0 Å². The monoisotopic (exact) mass is 356 g/mol. The van der Waals surface area contributed by atoms with Crippen molar-refractivity contribution in [3.63, 3.8) is 0 Å². The summed E-state index contributed by atoms with van der Waals surface area (Å²) in [6.07, 6.45) is 7.28. The molecule has 2 aliphatic heterocycles. The Morgan fingerprint density at radius 3 is 2.04 bits per heavy atom. The minimum absolute atomic E-state index is 0.176. The van der Waals surface area contributed by atoms with Crippen LogP contribution in [0.2, 0.25) is 0 Å². The quantitative estimate of drug-likeness (QED) is 0.587. The number of carbonyl (C=O) groups is 1. The number of aryl methyl sites for hydroxylation is 1. The average Bonchev–Trinajstić information content (AvgIpc) is 2.89. The molecule has 2 fully saturated rings. The van der Waals surface area contributed by atoms with Crippen molar-refractivity contribution in [2.45, 2.75) is 94.5 Å². The molecule has 0 amide bonds. The lowest BCUT2D eigenvalue weighted by Gasteiger charge is -2.42. The van der Waals surface area contributed by atoms with E-state index >= 15 is 0 Å². The van der Waals surface area contributed by atoms with Gasteiger partial charge in [-0.2, -0.15) is 11.8 Å². The fourth-order valence-electron chi connectivity index (χ4n) is 5.28. The van der Waals surface area contributed by atoms with Gasteiger partial charge in [0.15, 0.2) is 5.78 Å². The Hall–Kier alpha value is -0.760.